The fourth-order valence-corrected chi connectivity index (χ4v) is 3.63. The van der Waals surface area contributed by atoms with Gasteiger partial charge in [-0.1, -0.05) is 12.1 Å². The smallest absolute Gasteiger partial charge is 0.388 e. The van der Waals surface area contributed by atoms with Gasteiger partial charge in [0.15, 0.2) is 5.96 Å². The van der Waals surface area contributed by atoms with E-state index in [1.54, 1.807) is 12.1 Å². The van der Waals surface area contributed by atoms with Crippen LogP contribution in [0.15, 0.2) is 29.3 Å². The third-order valence-electron chi connectivity index (χ3n) is 5.46. The number of guanidine groups is 1. The number of hydrogen-bond acceptors (Lipinski definition) is 3. The molecule has 0 amide bonds. The van der Waals surface area contributed by atoms with Crippen LogP contribution in [0.4, 0.5) is 13.2 Å². The van der Waals surface area contributed by atoms with E-state index in [9.17, 15) is 18.3 Å². The van der Waals surface area contributed by atoms with Crippen molar-refractivity contribution in [3.8, 4) is 0 Å². The van der Waals surface area contributed by atoms with E-state index >= 15 is 0 Å². The monoisotopic (exact) mass is 398 g/mol. The predicted octanol–water partition coefficient (Wildman–Crippen LogP) is 2.75. The number of benzene rings is 1. The van der Waals surface area contributed by atoms with Crippen LogP contribution in [-0.2, 0) is 12.7 Å². The minimum atomic E-state index is -4.30. The molecule has 156 valence electrons. The van der Waals surface area contributed by atoms with Crippen molar-refractivity contribution in [2.75, 3.05) is 26.2 Å². The van der Waals surface area contributed by atoms with Crippen molar-refractivity contribution in [3.05, 3.63) is 35.4 Å². The molecule has 0 bridgehead atoms. The van der Waals surface area contributed by atoms with Gasteiger partial charge < -0.3 is 15.7 Å². The maximum atomic E-state index is 12.7. The van der Waals surface area contributed by atoms with Gasteiger partial charge in [-0.3, -0.25) is 9.89 Å². The van der Waals surface area contributed by atoms with Gasteiger partial charge in [0, 0.05) is 32.2 Å². The summed E-state index contributed by atoms with van der Waals surface area (Å²) in [5.41, 5.74) is -0.384. The lowest BCUT2D eigenvalue weighted by Crippen LogP contribution is -2.46. The summed E-state index contributed by atoms with van der Waals surface area (Å²) in [7, 11) is 0. The van der Waals surface area contributed by atoms with E-state index in [2.05, 4.69) is 20.5 Å². The lowest BCUT2D eigenvalue weighted by molar-refractivity contribution is -0.137. The van der Waals surface area contributed by atoms with Gasteiger partial charge in [0.2, 0.25) is 0 Å². The van der Waals surface area contributed by atoms with Gasteiger partial charge in [-0.2, -0.15) is 13.2 Å². The Morgan fingerprint density at radius 2 is 2.00 bits per heavy atom. The van der Waals surface area contributed by atoms with Crippen LogP contribution < -0.4 is 10.6 Å². The first-order valence-corrected chi connectivity index (χ1v) is 9.93. The zero-order chi connectivity index (χ0) is 20.2. The molecule has 5 nitrogen and oxygen atoms in total. The van der Waals surface area contributed by atoms with E-state index in [1.165, 1.54) is 0 Å². The van der Waals surface area contributed by atoms with Gasteiger partial charge in [0.25, 0.3) is 0 Å². The van der Waals surface area contributed by atoms with E-state index in [1.807, 2.05) is 6.92 Å². The first-order chi connectivity index (χ1) is 13.3. The van der Waals surface area contributed by atoms with Gasteiger partial charge in [0.05, 0.1) is 17.7 Å². The molecule has 0 radical (unpaired) electrons. The van der Waals surface area contributed by atoms with E-state index in [-0.39, 0.29) is 6.04 Å². The maximum Gasteiger partial charge on any atom is 0.416 e. The van der Waals surface area contributed by atoms with Crippen molar-refractivity contribution in [3.63, 3.8) is 0 Å². The lowest BCUT2D eigenvalue weighted by Gasteiger charge is -2.35. The number of halogens is 3. The lowest BCUT2D eigenvalue weighted by atomic mass is 9.80. The molecule has 1 atom stereocenters. The van der Waals surface area contributed by atoms with Crippen molar-refractivity contribution in [1.82, 2.24) is 15.5 Å². The summed E-state index contributed by atoms with van der Waals surface area (Å²) in [4.78, 5) is 6.76. The van der Waals surface area contributed by atoms with Crippen molar-refractivity contribution in [1.29, 1.82) is 0 Å². The van der Waals surface area contributed by atoms with Crippen LogP contribution in [0.25, 0.3) is 0 Å². The fourth-order valence-electron chi connectivity index (χ4n) is 3.63. The molecule has 1 aliphatic carbocycles. The second-order valence-electron chi connectivity index (χ2n) is 7.83. The molecular weight excluding hydrogens is 369 g/mol. The zero-order valence-corrected chi connectivity index (χ0v) is 16.2. The minimum Gasteiger partial charge on any atom is -0.388 e. The van der Waals surface area contributed by atoms with Gasteiger partial charge >= 0.3 is 6.18 Å². The van der Waals surface area contributed by atoms with Crippen molar-refractivity contribution in [2.24, 2.45) is 4.99 Å². The Labute approximate surface area is 164 Å². The molecule has 3 N–H and O–H groups in total. The fraction of sp³-hybridized carbons (Fsp3) is 0.650. The number of rotatable bonds is 6. The SMILES string of the molecule is CCNC(=NCC1(O)CCC1)NC1CCN(Cc2ccc(C(F)(F)F)cc2)C1. The number of likely N-dealkylation sites (tertiary alicyclic amines) is 1. The van der Waals surface area contributed by atoms with Gasteiger partial charge in [0.1, 0.15) is 0 Å². The standard InChI is InChI=1S/C20H29F3N4O/c1-2-24-18(25-14-19(28)9-3-10-19)26-17-8-11-27(13-17)12-15-4-6-16(7-5-15)20(21,22)23/h4-7,17,28H,2-3,8-14H2,1H3,(H2,24,25,26). The highest BCUT2D eigenvalue weighted by molar-refractivity contribution is 5.80. The second kappa shape index (κ2) is 8.69. The molecule has 8 heteroatoms. The zero-order valence-electron chi connectivity index (χ0n) is 16.2. The number of nitrogens with one attached hydrogen (secondary N) is 2. The quantitative estimate of drug-likeness (QED) is 0.510. The van der Waals surface area contributed by atoms with Crippen LogP contribution in [0, 0.1) is 0 Å². The number of aliphatic imine (C=N–C) groups is 1. The highest BCUT2D eigenvalue weighted by atomic mass is 19.4. The van der Waals surface area contributed by atoms with Crippen molar-refractivity contribution in [2.45, 2.75) is 57.0 Å². The maximum absolute atomic E-state index is 12.7. The molecule has 1 saturated heterocycles. The largest absolute Gasteiger partial charge is 0.416 e. The number of nitrogens with zero attached hydrogens (tertiary/aromatic N) is 2. The second-order valence-corrected chi connectivity index (χ2v) is 7.83. The molecule has 2 aliphatic rings. The molecule has 0 spiro atoms. The topological polar surface area (TPSA) is 59.9 Å². The molecule has 1 aromatic carbocycles. The summed E-state index contributed by atoms with van der Waals surface area (Å²) in [6.07, 6.45) is -0.691. The summed E-state index contributed by atoms with van der Waals surface area (Å²) in [6, 6.07) is 5.61. The normalized spacial score (nSPS) is 22.8. The van der Waals surface area contributed by atoms with Crippen LogP contribution in [0.2, 0.25) is 0 Å². The molecule has 28 heavy (non-hydrogen) atoms. The van der Waals surface area contributed by atoms with E-state index in [0.717, 1.165) is 63.0 Å². The number of alkyl halides is 3. The predicted molar refractivity (Wildman–Crippen MR) is 103 cm³/mol. The number of aliphatic hydroxyl groups is 1. The summed E-state index contributed by atoms with van der Waals surface area (Å²) >= 11 is 0. The Balaban J connectivity index is 1.50. The third-order valence-corrected chi connectivity index (χ3v) is 5.46. The molecule has 1 saturated carbocycles. The average Bonchev–Trinajstić information content (AvgIpc) is 3.05. The Morgan fingerprint density at radius 3 is 2.57 bits per heavy atom. The molecule has 2 fully saturated rings. The van der Waals surface area contributed by atoms with E-state index < -0.39 is 17.3 Å². The molecule has 1 unspecified atom stereocenters. The minimum absolute atomic E-state index is 0.225. The Kier molecular flexibility index (Phi) is 6.50. The van der Waals surface area contributed by atoms with Crippen LogP contribution in [-0.4, -0.2) is 53.8 Å². The molecular formula is C20H29F3N4O. The van der Waals surface area contributed by atoms with Crippen LogP contribution in [0.1, 0.15) is 43.7 Å². The van der Waals surface area contributed by atoms with Gasteiger partial charge in [-0.15, -0.1) is 0 Å². The van der Waals surface area contributed by atoms with E-state index in [4.69, 9.17) is 0 Å². The van der Waals surface area contributed by atoms with E-state index in [0.29, 0.717) is 19.0 Å². The average molecular weight is 398 g/mol. The van der Waals surface area contributed by atoms with Crippen LogP contribution in [0.3, 0.4) is 0 Å². The van der Waals surface area contributed by atoms with Gasteiger partial charge in [-0.25, -0.2) is 0 Å². The van der Waals surface area contributed by atoms with Crippen molar-refractivity contribution < 1.29 is 18.3 Å². The van der Waals surface area contributed by atoms with Crippen LogP contribution in [0.5, 0.6) is 0 Å². The molecule has 1 aromatic rings. The number of hydrogen-bond donors (Lipinski definition) is 3. The summed E-state index contributed by atoms with van der Waals surface area (Å²) in [5.74, 6) is 0.712. The molecule has 0 aromatic heterocycles. The summed E-state index contributed by atoms with van der Waals surface area (Å²) in [5, 5.41) is 16.9. The Bertz CT molecular complexity index is 671. The Morgan fingerprint density at radius 1 is 1.29 bits per heavy atom. The summed E-state index contributed by atoms with van der Waals surface area (Å²) in [6.45, 7) is 5.46. The van der Waals surface area contributed by atoms with Crippen molar-refractivity contribution >= 4 is 5.96 Å². The summed E-state index contributed by atoms with van der Waals surface area (Å²) < 4.78 is 38.0. The molecule has 3 rings (SSSR count). The molecule has 1 aliphatic heterocycles. The third kappa shape index (κ3) is 5.61. The highest BCUT2D eigenvalue weighted by Gasteiger charge is 2.34. The highest BCUT2D eigenvalue weighted by Crippen LogP contribution is 2.31. The first kappa shape index (κ1) is 20.9. The Hall–Kier alpha value is -1.80. The first-order valence-electron chi connectivity index (χ1n) is 9.93. The van der Waals surface area contributed by atoms with Crippen LogP contribution >= 0.6 is 0 Å². The molecule has 1 heterocycles. The van der Waals surface area contributed by atoms with Gasteiger partial charge in [-0.05, 0) is 50.3 Å².